The molecule has 0 bridgehead atoms. The van der Waals surface area contributed by atoms with Gasteiger partial charge in [0.05, 0.1) is 4.47 Å². The third-order valence-electron chi connectivity index (χ3n) is 2.58. The summed E-state index contributed by atoms with van der Waals surface area (Å²) in [5.41, 5.74) is 1.55. The van der Waals surface area contributed by atoms with Crippen LogP contribution in [0.3, 0.4) is 0 Å². The monoisotopic (exact) mass is 450 g/mol. The standard InChI is InChI=1S/C14H10Br3FO/c15-7-9-2-1-3-12(17)14(9)19-8-10-4-5-11(16)6-13(10)18/h1-6H,7-8H2. The number of hydrogen-bond acceptors (Lipinski definition) is 1. The highest BCUT2D eigenvalue weighted by Gasteiger charge is 2.09. The molecule has 0 atom stereocenters. The lowest BCUT2D eigenvalue weighted by molar-refractivity contribution is 0.295. The van der Waals surface area contributed by atoms with Crippen molar-refractivity contribution in [1.82, 2.24) is 0 Å². The molecule has 2 aromatic rings. The molecule has 0 amide bonds. The first-order valence-corrected chi connectivity index (χ1v) is 8.22. The van der Waals surface area contributed by atoms with Crippen LogP contribution >= 0.6 is 47.8 Å². The van der Waals surface area contributed by atoms with Crippen molar-refractivity contribution in [3.8, 4) is 5.75 Å². The van der Waals surface area contributed by atoms with Gasteiger partial charge in [-0.1, -0.05) is 50.1 Å². The molecule has 0 N–H and O–H groups in total. The lowest BCUT2D eigenvalue weighted by atomic mass is 10.2. The summed E-state index contributed by atoms with van der Waals surface area (Å²) in [6.45, 7) is 0.196. The van der Waals surface area contributed by atoms with Crippen LogP contribution in [0.1, 0.15) is 11.1 Å². The van der Waals surface area contributed by atoms with E-state index in [1.54, 1.807) is 12.1 Å². The van der Waals surface area contributed by atoms with Gasteiger partial charge in [-0.25, -0.2) is 4.39 Å². The van der Waals surface area contributed by atoms with E-state index in [0.29, 0.717) is 10.9 Å². The summed E-state index contributed by atoms with van der Waals surface area (Å²) in [4.78, 5) is 0. The van der Waals surface area contributed by atoms with Crippen LogP contribution in [0, 0.1) is 5.82 Å². The van der Waals surface area contributed by atoms with Crippen LogP contribution in [-0.2, 0) is 11.9 Å². The predicted molar refractivity (Wildman–Crippen MR) is 85.2 cm³/mol. The summed E-state index contributed by atoms with van der Waals surface area (Å²) in [5.74, 6) is 0.462. The second-order valence-electron chi connectivity index (χ2n) is 3.89. The largest absolute Gasteiger partial charge is 0.487 e. The fourth-order valence-corrected chi connectivity index (χ4v) is 2.91. The minimum atomic E-state index is -0.276. The maximum absolute atomic E-state index is 13.7. The van der Waals surface area contributed by atoms with E-state index in [4.69, 9.17) is 4.74 Å². The molecule has 0 radical (unpaired) electrons. The third-order valence-corrected chi connectivity index (χ3v) is 4.30. The van der Waals surface area contributed by atoms with Gasteiger partial charge in [-0.05, 0) is 34.1 Å². The topological polar surface area (TPSA) is 9.23 Å². The van der Waals surface area contributed by atoms with Gasteiger partial charge < -0.3 is 4.74 Å². The molecule has 19 heavy (non-hydrogen) atoms. The second kappa shape index (κ2) is 6.86. The molecule has 0 unspecified atom stereocenters. The van der Waals surface area contributed by atoms with E-state index in [1.165, 1.54) is 6.07 Å². The van der Waals surface area contributed by atoms with Crippen molar-refractivity contribution in [2.75, 3.05) is 0 Å². The van der Waals surface area contributed by atoms with Crippen LogP contribution in [0.25, 0.3) is 0 Å². The van der Waals surface area contributed by atoms with Gasteiger partial charge >= 0.3 is 0 Å². The molecule has 100 valence electrons. The van der Waals surface area contributed by atoms with Gasteiger partial charge in [0.15, 0.2) is 0 Å². The van der Waals surface area contributed by atoms with E-state index >= 15 is 0 Å². The van der Waals surface area contributed by atoms with Gasteiger partial charge in [-0.15, -0.1) is 0 Å². The van der Waals surface area contributed by atoms with Gasteiger partial charge in [0.1, 0.15) is 18.2 Å². The van der Waals surface area contributed by atoms with Gasteiger partial charge in [-0.3, -0.25) is 0 Å². The van der Waals surface area contributed by atoms with Crippen molar-refractivity contribution in [2.45, 2.75) is 11.9 Å². The zero-order valence-corrected chi connectivity index (χ0v) is 14.6. The molecular formula is C14H10Br3FO. The van der Waals surface area contributed by atoms with Crippen molar-refractivity contribution in [1.29, 1.82) is 0 Å². The van der Waals surface area contributed by atoms with Crippen LogP contribution in [0.15, 0.2) is 45.3 Å². The van der Waals surface area contributed by atoms with Gasteiger partial charge in [0, 0.05) is 20.9 Å². The van der Waals surface area contributed by atoms with Gasteiger partial charge in [-0.2, -0.15) is 0 Å². The fourth-order valence-electron chi connectivity index (χ4n) is 1.61. The highest BCUT2D eigenvalue weighted by Crippen LogP contribution is 2.31. The summed E-state index contributed by atoms with van der Waals surface area (Å²) in [6.07, 6.45) is 0. The number of alkyl halides is 1. The Hall–Kier alpha value is -0.390. The average molecular weight is 453 g/mol. The number of hydrogen-bond donors (Lipinski definition) is 0. The molecule has 0 aromatic heterocycles. The minimum Gasteiger partial charge on any atom is -0.487 e. The molecule has 0 aliphatic rings. The molecule has 0 aliphatic carbocycles. The Bertz CT molecular complexity index is 587. The summed E-state index contributed by atoms with van der Waals surface area (Å²) in [7, 11) is 0. The summed E-state index contributed by atoms with van der Waals surface area (Å²) in [6, 6.07) is 10.8. The molecule has 2 aromatic carbocycles. The minimum absolute atomic E-state index is 0.196. The van der Waals surface area contributed by atoms with E-state index in [1.807, 2.05) is 18.2 Å². The number of benzene rings is 2. The first-order valence-electron chi connectivity index (χ1n) is 5.52. The summed E-state index contributed by atoms with van der Waals surface area (Å²) in [5, 5.41) is 0.685. The van der Waals surface area contributed by atoms with Crippen molar-refractivity contribution in [3.05, 3.63) is 62.3 Å². The summed E-state index contributed by atoms with van der Waals surface area (Å²) < 4.78 is 21.0. The van der Waals surface area contributed by atoms with E-state index in [9.17, 15) is 4.39 Å². The van der Waals surface area contributed by atoms with Gasteiger partial charge in [0.2, 0.25) is 0 Å². The normalized spacial score (nSPS) is 10.5. The molecular weight excluding hydrogens is 443 g/mol. The Balaban J connectivity index is 2.19. The summed E-state index contributed by atoms with van der Waals surface area (Å²) >= 11 is 10.1. The lowest BCUT2D eigenvalue weighted by Crippen LogP contribution is -2.01. The van der Waals surface area contributed by atoms with Crippen LogP contribution in [0.2, 0.25) is 0 Å². The first-order chi connectivity index (χ1) is 9.11. The molecule has 0 saturated heterocycles. The predicted octanol–water partition coefficient (Wildman–Crippen LogP) is 5.82. The zero-order valence-electron chi connectivity index (χ0n) is 9.80. The van der Waals surface area contributed by atoms with Crippen LogP contribution in [-0.4, -0.2) is 0 Å². The Morgan fingerprint density at radius 2 is 1.84 bits per heavy atom. The number of para-hydroxylation sites is 1. The molecule has 0 spiro atoms. The number of halogens is 4. The van der Waals surface area contributed by atoms with Crippen molar-refractivity contribution < 1.29 is 9.13 Å². The molecule has 0 fully saturated rings. The Morgan fingerprint density at radius 1 is 1.05 bits per heavy atom. The van der Waals surface area contributed by atoms with E-state index < -0.39 is 0 Å². The van der Waals surface area contributed by atoms with E-state index in [2.05, 4.69) is 47.8 Å². The van der Waals surface area contributed by atoms with Gasteiger partial charge in [0.25, 0.3) is 0 Å². The highest BCUT2D eigenvalue weighted by atomic mass is 79.9. The third kappa shape index (κ3) is 3.80. The van der Waals surface area contributed by atoms with Crippen LogP contribution in [0.4, 0.5) is 4.39 Å². The smallest absolute Gasteiger partial charge is 0.138 e. The molecule has 0 aliphatic heterocycles. The molecule has 0 heterocycles. The second-order valence-corrected chi connectivity index (χ2v) is 6.22. The number of ether oxygens (including phenoxy) is 1. The van der Waals surface area contributed by atoms with Crippen molar-refractivity contribution in [2.24, 2.45) is 0 Å². The fraction of sp³-hybridized carbons (Fsp3) is 0.143. The molecule has 1 nitrogen and oxygen atoms in total. The molecule has 5 heteroatoms. The Labute approximate surface area is 136 Å². The maximum Gasteiger partial charge on any atom is 0.138 e. The Kier molecular flexibility index (Phi) is 5.42. The highest BCUT2D eigenvalue weighted by molar-refractivity contribution is 9.11. The average Bonchev–Trinajstić information content (AvgIpc) is 2.39. The first kappa shape index (κ1) is 15.0. The van der Waals surface area contributed by atoms with E-state index in [-0.39, 0.29) is 12.4 Å². The lowest BCUT2D eigenvalue weighted by Gasteiger charge is -2.12. The van der Waals surface area contributed by atoms with E-state index in [0.717, 1.165) is 20.3 Å². The quantitative estimate of drug-likeness (QED) is 0.531. The number of rotatable bonds is 4. The molecule has 0 saturated carbocycles. The van der Waals surface area contributed by atoms with Crippen LogP contribution in [0.5, 0.6) is 5.75 Å². The van der Waals surface area contributed by atoms with Crippen molar-refractivity contribution in [3.63, 3.8) is 0 Å². The molecule has 2 rings (SSSR count). The van der Waals surface area contributed by atoms with Crippen LogP contribution < -0.4 is 4.74 Å². The maximum atomic E-state index is 13.7. The van der Waals surface area contributed by atoms with Crippen molar-refractivity contribution >= 4 is 47.8 Å². The Morgan fingerprint density at radius 3 is 2.53 bits per heavy atom. The SMILES string of the molecule is Fc1cc(Br)ccc1COc1c(Br)cccc1CBr. The zero-order chi connectivity index (χ0) is 13.8.